The van der Waals surface area contributed by atoms with Gasteiger partial charge in [0.2, 0.25) is 11.8 Å². The van der Waals surface area contributed by atoms with Crippen molar-refractivity contribution in [3.8, 4) is 5.75 Å². The number of halogens is 2. The van der Waals surface area contributed by atoms with Crippen molar-refractivity contribution in [1.29, 1.82) is 0 Å². The Hall–Kier alpha value is -1.45. The molecule has 0 aromatic heterocycles. The van der Waals surface area contributed by atoms with Crippen LogP contribution in [0.1, 0.15) is 19.8 Å². The average Bonchev–Trinajstić information content (AvgIpc) is 2.82. The largest absolute Gasteiger partial charge is 0.485 e. The lowest BCUT2D eigenvalue weighted by molar-refractivity contribution is -0.122. The minimum atomic E-state index is -0.705. The maximum atomic E-state index is 14.4. The van der Waals surface area contributed by atoms with Crippen molar-refractivity contribution >= 4 is 37.7 Å². The van der Waals surface area contributed by atoms with Crippen molar-refractivity contribution < 1.29 is 18.7 Å². The van der Waals surface area contributed by atoms with E-state index in [-0.39, 0.29) is 28.2 Å². The molecule has 1 saturated heterocycles. The van der Waals surface area contributed by atoms with Gasteiger partial charge in [-0.15, -0.1) is 0 Å². The van der Waals surface area contributed by atoms with Crippen LogP contribution in [0.5, 0.6) is 5.75 Å². The Bertz CT molecular complexity index is 724. The first kappa shape index (κ1) is 17.4. The second-order valence-corrected chi connectivity index (χ2v) is 7.73. The van der Waals surface area contributed by atoms with Crippen LogP contribution in [0.25, 0.3) is 0 Å². The monoisotopic (exact) mass is 369 g/mol. The molecule has 1 aromatic rings. The summed E-state index contributed by atoms with van der Waals surface area (Å²) in [7, 11) is 0.514. The molecule has 2 amide bonds. The minimum absolute atomic E-state index is 0.0844. The molecule has 2 aliphatic rings. The minimum Gasteiger partial charge on any atom is -0.485 e. The van der Waals surface area contributed by atoms with Gasteiger partial charge in [-0.2, -0.15) is 0 Å². The molecule has 4 atom stereocenters. The second-order valence-electron chi connectivity index (χ2n) is 5.93. The fourth-order valence-electron chi connectivity index (χ4n) is 3.05. The van der Waals surface area contributed by atoms with Crippen LogP contribution in [-0.2, 0) is 9.59 Å². The van der Waals surface area contributed by atoms with Gasteiger partial charge in [-0.05, 0) is 32.5 Å². The highest BCUT2D eigenvalue weighted by Crippen LogP contribution is 2.41. The number of fused-ring (bicyclic) bond motifs is 1. The molecular formula is C17H18ClFNO3P. The van der Waals surface area contributed by atoms with Crippen LogP contribution in [0, 0.1) is 17.7 Å². The molecule has 7 heteroatoms. The highest BCUT2D eigenvalue weighted by atomic mass is 35.5. The summed E-state index contributed by atoms with van der Waals surface area (Å²) < 4.78 is 20.1. The van der Waals surface area contributed by atoms with Crippen LogP contribution in [-0.4, -0.2) is 24.3 Å². The maximum Gasteiger partial charge on any atom is 0.241 e. The number of carbonyl (C=O) groups is 2. The summed E-state index contributed by atoms with van der Waals surface area (Å²) in [5.74, 6) is -2.16. The standard InChI is InChI=1S/C17H18ClFNO3P/c1-9(24-2)23-15-8-14(13(19)7-12(15)18)20-16(21)10-5-3-4-6-11(10)17(20)22/h3,5,7-11,24H,4,6H2,1-2H3. The number of hydrogen-bond acceptors (Lipinski definition) is 3. The van der Waals surface area contributed by atoms with E-state index in [4.69, 9.17) is 16.3 Å². The second kappa shape index (κ2) is 6.81. The zero-order valence-electron chi connectivity index (χ0n) is 13.4. The van der Waals surface area contributed by atoms with Crippen molar-refractivity contribution in [2.45, 2.75) is 25.6 Å². The smallest absolute Gasteiger partial charge is 0.241 e. The fraction of sp³-hybridized carbons (Fsp3) is 0.412. The molecule has 24 heavy (non-hydrogen) atoms. The van der Waals surface area contributed by atoms with Gasteiger partial charge in [-0.1, -0.05) is 32.3 Å². The Labute approximate surface area is 146 Å². The van der Waals surface area contributed by atoms with Crippen molar-refractivity contribution in [1.82, 2.24) is 0 Å². The lowest BCUT2D eigenvalue weighted by Gasteiger charge is -2.19. The molecule has 0 radical (unpaired) electrons. The summed E-state index contributed by atoms with van der Waals surface area (Å²) in [5.41, 5.74) is -0.0844. The summed E-state index contributed by atoms with van der Waals surface area (Å²) in [6, 6.07) is 2.45. The predicted octanol–water partition coefficient (Wildman–Crippen LogP) is 3.97. The van der Waals surface area contributed by atoms with Gasteiger partial charge >= 0.3 is 0 Å². The van der Waals surface area contributed by atoms with E-state index >= 15 is 0 Å². The number of benzene rings is 1. The summed E-state index contributed by atoms with van der Waals surface area (Å²) in [5, 5.41) is 0.123. The number of rotatable bonds is 4. The van der Waals surface area contributed by atoms with Gasteiger partial charge < -0.3 is 4.74 Å². The molecule has 1 aromatic carbocycles. The molecule has 1 aliphatic carbocycles. The van der Waals surface area contributed by atoms with Crippen molar-refractivity contribution in [2.24, 2.45) is 11.8 Å². The van der Waals surface area contributed by atoms with Crippen LogP contribution in [0.4, 0.5) is 10.1 Å². The van der Waals surface area contributed by atoms with Crippen molar-refractivity contribution in [3.63, 3.8) is 0 Å². The lowest BCUT2D eigenvalue weighted by Crippen LogP contribution is -2.31. The number of nitrogens with zero attached hydrogens (tertiary/aromatic N) is 1. The van der Waals surface area contributed by atoms with Gasteiger partial charge in [0.15, 0.2) is 0 Å². The molecule has 1 heterocycles. The SMILES string of the molecule is CPC(C)Oc1cc(N2C(=O)C3C=CCCC3C2=O)c(F)cc1Cl. The van der Waals surface area contributed by atoms with Crippen LogP contribution in [0.15, 0.2) is 24.3 Å². The number of hydrogen-bond donors (Lipinski definition) is 0. The number of amides is 2. The first-order chi connectivity index (χ1) is 11.4. The molecule has 4 nitrogen and oxygen atoms in total. The van der Waals surface area contributed by atoms with E-state index in [2.05, 4.69) is 0 Å². The average molecular weight is 370 g/mol. The molecule has 128 valence electrons. The Balaban J connectivity index is 1.99. The molecule has 3 rings (SSSR count). The zero-order valence-corrected chi connectivity index (χ0v) is 15.1. The van der Waals surface area contributed by atoms with Gasteiger partial charge in [-0.3, -0.25) is 9.59 Å². The summed E-state index contributed by atoms with van der Waals surface area (Å²) >= 11 is 6.04. The molecule has 0 bridgehead atoms. The number of imide groups is 1. The topological polar surface area (TPSA) is 46.6 Å². The van der Waals surface area contributed by atoms with Gasteiger partial charge in [-0.25, -0.2) is 9.29 Å². The van der Waals surface area contributed by atoms with Crippen LogP contribution >= 0.6 is 20.2 Å². The highest BCUT2D eigenvalue weighted by Gasteiger charge is 2.48. The van der Waals surface area contributed by atoms with Crippen LogP contribution < -0.4 is 9.64 Å². The maximum absolute atomic E-state index is 14.4. The lowest BCUT2D eigenvalue weighted by atomic mass is 9.86. The Morgan fingerprint density at radius 2 is 2.12 bits per heavy atom. The molecule has 0 spiro atoms. The first-order valence-electron chi connectivity index (χ1n) is 7.81. The number of allylic oxidation sites excluding steroid dienone is 1. The van der Waals surface area contributed by atoms with Crippen molar-refractivity contribution in [2.75, 3.05) is 11.6 Å². The highest BCUT2D eigenvalue weighted by molar-refractivity contribution is 7.37. The normalized spacial score (nSPS) is 24.8. The Kier molecular flexibility index (Phi) is 4.93. The first-order valence-corrected chi connectivity index (χ1v) is 9.77. The Morgan fingerprint density at radius 1 is 1.38 bits per heavy atom. The van der Waals surface area contributed by atoms with Gasteiger partial charge in [0.05, 0.1) is 22.5 Å². The molecular weight excluding hydrogens is 352 g/mol. The predicted molar refractivity (Wildman–Crippen MR) is 93.6 cm³/mol. The van der Waals surface area contributed by atoms with Gasteiger partial charge in [0, 0.05) is 6.07 Å². The zero-order chi connectivity index (χ0) is 17.4. The van der Waals surface area contributed by atoms with Gasteiger partial charge in [0.1, 0.15) is 17.4 Å². The van der Waals surface area contributed by atoms with E-state index in [1.807, 2.05) is 19.7 Å². The third kappa shape index (κ3) is 2.96. The Morgan fingerprint density at radius 3 is 2.79 bits per heavy atom. The molecule has 0 saturated carbocycles. The summed E-state index contributed by atoms with van der Waals surface area (Å²) in [6.07, 6.45) is 5.00. The van der Waals surface area contributed by atoms with E-state index in [9.17, 15) is 14.0 Å². The van der Waals surface area contributed by atoms with E-state index in [0.717, 1.165) is 17.4 Å². The van der Waals surface area contributed by atoms with E-state index < -0.39 is 23.6 Å². The van der Waals surface area contributed by atoms with Gasteiger partial charge in [0.25, 0.3) is 0 Å². The quantitative estimate of drug-likeness (QED) is 0.458. The molecule has 1 aliphatic heterocycles. The van der Waals surface area contributed by atoms with Crippen molar-refractivity contribution in [3.05, 3.63) is 35.1 Å². The third-order valence-corrected chi connectivity index (χ3v) is 5.64. The molecule has 4 unspecified atom stereocenters. The van der Waals surface area contributed by atoms with E-state index in [1.165, 1.54) is 6.07 Å². The van der Waals surface area contributed by atoms with E-state index in [0.29, 0.717) is 15.0 Å². The van der Waals surface area contributed by atoms with E-state index in [1.54, 1.807) is 6.08 Å². The number of anilines is 1. The summed E-state index contributed by atoms with van der Waals surface area (Å²) in [4.78, 5) is 26.1. The summed E-state index contributed by atoms with van der Waals surface area (Å²) in [6.45, 7) is 3.86. The third-order valence-electron chi connectivity index (χ3n) is 4.42. The number of ether oxygens (including phenoxy) is 1. The molecule has 1 fully saturated rings. The molecule has 0 N–H and O–H groups in total. The van der Waals surface area contributed by atoms with Crippen LogP contribution in [0.3, 0.4) is 0 Å². The fourth-order valence-corrected chi connectivity index (χ4v) is 3.49. The number of carbonyl (C=O) groups excluding carboxylic acids is 2. The van der Waals surface area contributed by atoms with Crippen LogP contribution in [0.2, 0.25) is 5.02 Å².